The molecule has 0 saturated carbocycles. The molecule has 0 spiro atoms. The molecule has 1 fully saturated rings. The van der Waals surface area contributed by atoms with Crippen LogP contribution >= 0.6 is 0 Å². The highest BCUT2D eigenvalue weighted by Crippen LogP contribution is 2.36. The third kappa shape index (κ3) is 2.42. The molecule has 4 nitrogen and oxygen atoms in total. The van der Waals surface area contributed by atoms with E-state index in [0.29, 0.717) is 24.9 Å². The number of nitrogens with two attached hydrogens (primary N) is 1. The van der Waals surface area contributed by atoms with Gasteiger partial charge in [-0.05, 0) is 44.4 Å². The molecule has 0 bridgehead atoms. The smallest absolute Gasteiger partial charge is 0.231 e. The van der Waals surface area contributed by atoms with E-state index in [1.807, 2.05) is 6.07 Å². The van der Waals surface area contributed by atoms with E-state index in [2.05, 4.69) is 30.9 Å². The minimum absolute atomic E-state index is 0.335. The van der Waals surface area contributed by atoms with Gasteiger partial charge in [0.2, 0.25) is 6.79 Å². The van der Waals surface area contributed by atoms with Crippen molar-refractivity contribution in [1.82, 2.24) is 4.90 Å². The van der Waals surface area contributed by atoms with E-state index in [1.165, 1.54) is 5.56 Å². The molecule has 0 radical (unpaired) electrons. The molecular weight excluding hydrogens is 240 g/mol. The van der Waals surface area contributed by atoms with Crippen LogP contribution in [0.25, 0.3) is 0 Å². The Bertz CT molecular complexity index is 463. The van der Waals surface area contributed by atoms with Crippen LogP contribution in [0.2, 0.25) is 0 Å². The zero-order chi connectivity index (χ0) is 13.4. The predicted molar refractivity (Wildman–Crippen MR) is 74.4 cm³/mol. The number of likely N-dealkylation sites (tertiary alicyclic amines) is 1. The van der Waals surface area contributed by atoms with Crippen molar-refractivity contribution in [2.75, 3.05) is 13.3 Å². The number of piperidine rings is 1. The quantitative estimate of drug-likeness (QED) is 0.888. The maximum absolute atomic E-state index is 6.04. The lowest BCUT2D eigenvalue weighted by molar-refractivity contribution is 0.104. The third-order valence-corrected chi connectivity index (χ3v) is 4.34. The highest BCUT2D eigenvalue weighted by atomic mass is 16.7. The van der Waals surface area contributed by atoms with Gasteiger partial charge in [-0.3, -0.25) is 4.90 Å². The van der Waals surface area contributed by atoms with Crippen LogP contribution in [0.1, 0.15) is 38.3 Å². The molecular formula is C15H22N2O2. The van der Waals surface area contributed by atoms with Crippen molar-refractivity contribution in [1.29, 1.82) is 0 Å². The lowest BCUT2D eigenvalue weighted by atomic mass is 9.95. The first-order chi connectivity index (χ1) is 9.15. The van der Waals surface area contributed by atoms with Gasteiger partial charge in [0, 0.05) is 24.7 Å². The van der Waals surface area contributed by atoms with Gasteiger partial charge in [-0.25, -0.2) is 0 Å². The van der Waals surface area contributed by atoms with Crippen molar-refractivity contribution in [3.05, 3.63) is 23.8 Å². The number of fused-ring (bicyclic) bond motifs is 1. The maximum atomic E-state index is 6.04. The van der Waals surface area contributed by atoms with Crippen LogP contribution in [0, 0.1) is 0 Å². The standard InChI is InChI=1S/C15H22N2O2/c1-10-7-13(16)5-6-17(10)11(2)12-3-4-14-15(8-12)19-9-18-14/h3-4,8,10-11,13H,5-7,9,16H2,1-2H3. The fourth-order valence-corrected chi connectivity index (χ4v) is 3.17. The molecule has 0 amide bonds. The molecule has 3 rings (SSSR count). The van der Waals surface area contributed by atoms with Gasteiger partial charge < -0.3 is 15.2 Å². The number of ether oxygens (including phenoxy) is 2. The molecule has 1 aromatic carbocycles. The van der Waals surface area contributed by atoms with E-state index in [-0.39, 0.29) is 0 Å². The molecule has 2 N–H and O–H groups in total. The van der Waals surface area contributed by atoms with Crippen molar-refractivity contribution in [2.24, 2.45) is 5.73 Å². The van der Waals surface area contributed by atoms with Gasteiger partial charge in [0.15, 0.2) is 11.5 Å². The van der Waals surface area contributed by atoms with Crippen LogP contribution in [-0.4, -0.2) is 30.3 Å². The Hall–Kier alpha value is -1.26. The first kappa shape index (κ1) is 12.8. The Kier molecular flexibility index (Phi) is 3.37. The summed E-state index contributed by atoms with van der Waals surface area (Å²) in [6.45, 7) is 5.92. The Morgan fingerprint density at radius 3 is 2.89 bits per heavy atom. The van der Waals surface area contributed by atoms with E-state index in [0.717, 1.165) is 30.9 Å². The van der Waals surface area contributed by atoms with Gasteiger partial charge in [-0.2, -0.15) is 0 Å². The average Bonchev–Trinajstić information content (AvgIpc) is 2.85. The largest absolute Gasteiger partial charge is 0.454 e. The predicted octanol–water partition coefficient (Wildman–Crippen LogP) is 2.29. The molecule has 3 atom stereocenters. The minimum atomic E-state index is 0.335. The first-order valence-electron chi connectivity index (χ1n) is 7.06. The molecule has 1 aromatic rings. The van der Waals surface area contributed by atoms with E-state index < -0.39 is 0 Å². The van der Waals surface area contributed by atoms with Crippen molar-refractivity contribution in [3.8, 4) is 11.5 Å². The second-order valence-corrected chi connectivity index (χ2v) is 5.66. The number of nitrogens with zero attached hydrogens (tertiary/aromatic N) is 1. The van der Waals surface area contributed by atoms with Gasteiger partial charge in [0.1, 0.15) is 0 Å². The topological polar surface area (TPSA) is 47.7 Å². The molecule has 2 aliphatic heterocycles. The summed E-state index contributed by atoms with van der Waals surface area (Å²) in [5, 5.41) is 0. The maximum Gasteiger partial charge on any atom is 0.231 e. The molecule has 1 saturated heterocycles. The van der Waals surface area contributed by atoms with Crippen LogP contribution < -0.4 is 15.2 Å². The lowest BCUT2D eigenvalue weighted by Gasteiger charge is -2.40. The summed E-state index contributed by atoms with van der Waals surface area (Å²) in [5.41, 5.74) is 7.32. The SMILES string of the molecule is CC1CC(N)CCN1C(C)c1ccc2c(c1)OCO2. The fourth-order valence-electron chi connectivity index (χ4n) is 3.17. The van der Waals surface area contributed by atoms with Crippen molar-refractivity contribution in [3.63, 3.8) is 0 Å². The van der Waals surface area contributed by atoms with Crippen LogP contribution in [0.15, 0.2) is 18.2 Å². The average molecular weight is 262 g/mol. The van der Waals surface area contributed by atoms with E-state index in [9.17, 15) is 0 Å². The monoisotopic (exact) mass is 262 g/mol. The van der Waals surface area contributed by atoms with Gasteiger partial charge >= 0.3 is 0 Å². The summed E-state index contributed by atoms with van der Waals surface area (Å²) in [6, 6.07) is 7.53. The van der Waals surface area contributed by atoms with Gasteiger partial charge in [0.25, 0.3) is 0 Å². The van der Waals surface area contributed by atoms with Crippen LogP contribution in [0.4, 0.5) is 0 Å². The second-order valence-electron chi connectivity index (χ2n) is 5.66. The fraction of sp³-hybridized carbons (Fsp3) is 0.600. The molecule has 0 aromatic heterocycles. The van der Waals surface area contributed by atoms with E-state index in [1.54, 1.807) is 0 Å². The second kappa shape index (κ2) is 5.02. The molecule has 2 aliphatic rings. The number of benzene rings is 1. The van der Waals surface area contributed by atoms with Crippen LogP contribution in [-0.2, 0) is 0 Å². The van der Waals surface area contributed by atoms with E-state index in [4.69, 9.17) is 15.2 Å². The molecule has 104 valence electrons. The molecule has 4 heteroatoms. The highest BCUT2D eigenvalue weighted by Gasteiger charge is 2.28. The summed E-state index contributed by atoms with van der Waals surface area (Å²) in [6.07, 6.45) is 2.16. The van der Waals surface area contributed by atoms with Crippen molar-refractivity contribution in [2.45, 2.75) is 44.8 Å². The Morgan fingerprint density at radius 2 is 2.11 bits per heavy atom. The molecule has 19 heavy (non-hydrogen) atoms. The summed E-state index contributed by atoms with van der Waals surface area (Å²) in [5.74, 6) is 1.72. The normalized spacial score (nSPS) is 28.4. The van der Waals surface area contributed by atoms with Gasteiger partial charge in [-0.1, -0.05) is 6.07 Å². The molecule has 2 heterocycles. The Morgan fingerprint density at radius 1 is 1.32 bits per heavy atom. The zero-order valence-electron chi connectivity index (χ0n) is 11.6. The summed E-state index contributed by atoms with van der Waals surface area (Å²) >= 11 is 0. The van der Waals surface area contributed by atoms with Crippen molar-refractivity contribution >= 4 is 0 Å². The van der Waals surface area contributed by atoms with Crippen LogP contribution in [0.3, 0.4) is 0 Å². The highest BCUT2D eigenvalue weighted by molar-refractivity contribution is 5.45. The van der Waals surface area contributed by atoms with E-state index >= 15 is 0 Å². The molecule has 0 aliphatic carbocycles. The summed E-state index contributed by atoms with van der Waals surface area (Å²) in [4.78, 5) is 2.53. The molecule has 3 unspecified atom stereocenters. The first-order valence-corrected chi connectivity index (χ1v) is 7.06. The summed E-state index contributed by atoms with van der Waals surface area (Å²) in [7, 11) is 0. The van der Waals surface area contributed by atoms with Gasteiger partial charge in [-0.15, -0.1) is 0 Å². The number of rotatable bonds is 2. The Labute approximate surface area is 114 Å². The van der Waals surface area contributed by atoms with Crippen molar-refractivity contribution < 1.29 is 9.47 Å². The number of hydrogen-bond donors (Lipinski definition) is 1. The summed E-state index contributed by atoms with van der Waals surface area (Å²) < 4.78 is 10.8. The third-order valence-electron chi connectivity index (χ3n) is 4.34. The number of hydrogen-bond acceptors (Lipinski definition) is 4. The van der Waals surface area contributed by atoms with Gasteiger partial charge in [0.05, 0.1) is 0 Å². The van der Waals surface area contributed by atoms with Crippen LogP contribution in [0.5, 0.6) is 11.5 Å². The minimum Gasteiger partial charge on any atom is -0.454 e. The lowest BCUT2D eigenvalue weighted by Crippen LogP contribution is -2.46. The zero-order valence-corrected chi connectivity index (χ0v) is 11.6. The Balaban J connectivity index is 1.78.